The molecule has 1 heterocycles. The molecule has 0 radical (unpaired) electrons. The SMILES string of the molecule is CN=C(NCCc1ccccn1)NCc1ccccc1[N+](=O)[O-]. The molecule has 0 spiro atoms. The van der Waals surface area contributed by atoms with Crippen LogP contribution in [0, 0.1) is 10.1 Å². The molecule has 0 amide bonds. The zero-order valence-electron chi connectivity index (χ0n) is 12.9. The van der Waals surface area contributed by atoms with Crippen LogP contribution in [0.2, 0.25) is 0 Å². The molecular formula is C16H19N5O2. The van der Waals surface area contributed by atoms with Crippen molar-refractivity contribution in [1.82, 2.24) is 15.6 Å². The van der Waals surface area contributed by atoms with Crippen LogP contribution in [-0.2, 0) is 13.0 Å². The number of guanidine groups is 1. The van der Waals surface area contributed by atoms with Gasteiger partial charge in [-0.1, -0.05) is 24.3 Å². The van der Waals surface area contributed by atoms with Crippen LogP contribution >= 0.6 is 0 Å². The van der Waals surface area contributed by atoms with Gasteiger partial charge in [0.15, 0.2) is 5.96 Å². The maximum atomic E-state index is 11.0. The molecule has 7 heteroatoms. The van der Waals surface area contributed by atoms with Crippen molar-refractivity contribution in [3.8, 4) is 0 Å². The minimum absolute atomic E-state index is 0.101. The maximum Gasteiger partial charge on any atom is 0.274 e. The fraction of sp³-hybridized carbons (Fsp3) is 0.250. The molecule has 1 aromatic carbocycles. The van der Waals surface area contributed by atoms with E-state index in [9.17, 15) is 10.1 Å². The second kappa shape index (κ2) is 8.47. The van der Waals surface area contributed by atoms with Crippen LogP contribution in [0.25, 0.3) is 0 Å². The van der Waals surface area contributed by atoms with Crippen LogP contribution in [0.4, 0.5) is 5.69 Å². The number of nitro benzene ring substituents is 1. The molecule has 0 bridgehead atoms. The van der Waals surface area contributed by atoms with E-state index >= 15 is 0 Å². The Morgan fingerprint density at radius 2 is 2.00 bits per heavy atom. The fourth-order valence-electron chi connectivity index (χ4n) is 2.09. The van der Waals surface area contributed by atoms with E-state index in [1.165, 1.54) is 6.07 Å². The maximum absolute atomic E-state index is 11.0. The number of nitro groups is 1. The van der Waals surface area contributed by atoms with Crippen LogP contribution in [0.5, 0.6) is 0 Å². The first kappa shape index (κ1) is 16.4. The Hall–Kier alpha value is -2.96. The Balaban J connectivity index is 1.85. The Morgan fingerprint density at radius 1 is 1.22 bits per heavy atom. The third-order valence-corrected chi connectivity index (χ3v) is 3.26. The number of nitrogens with one attached hydrogen (secondary N) is 2. The number of hydrogen-bond donors (Lipinski definition) is 2. The number of hydrogen-bond acceptors (Lipinski definition) is 4. The summed E-state index contributed by atoms with van der Waals surface area (Å²) in [6.07, 6.45) is 2.53. The number of rotatable bonds is 6. The highest BCUT2D eigenvalue weighted by Gasteiger charge is 2.12. The topological polar surface area (TPSA) is 92.5 Å². The molecule has 7 nitrogen and oxygen atoms in total. The van der Waals surface area contributed by atoms with Crippen molar-refractivity contribution < 1.29 is 4.92 Å². The van der Waals surface area contributed by atoms with Crippen LogP contribution < -0.4 is 10.6 Å². The second-order valence-electron chi connectivity index (χ2n) is 4.81. The fourth-order valence-corrected chi connectivity index (χ4v) is 2.09. The van der Waals surface area contributed by atoms with Gasteiger partial charge in [0.25, 0.3) is 5.69 Å². The average Bonchev–Trinajstić information content (AvgIpc) is 2.59. The summed E-state index contributed by atoms with van der Waals surface area (Å²) < 4.78 is 0. The van der Waals surface area contributed by atoms with E-state index in [-0.39, 0.29) is 10.6 Å². The van der Waals surface area contributed by atoms with Gasteiger partial charge in [-0.25, -0.2) is 0 Å². The van der Waals surface area contributed by atoms with Gasteiger partial charge in [-0.15, -0.1) is 0 Å². The molecule has 0 saturated carbocycles. The molecule has 0 aliphatic rings. The molecule has 0 unspecified atom stereocenters. The van der Waals surface area contributed by atoms with Gasteiger partial charge < -0.3 is 10.6 Å². The first-order valence-corrected chi connectivity index (χ1v) is 7.27. The minimum Gasteiger partial charge on any atom is -0.356 e. The minimum atomic E-state index is -0.381. The van der Waals surface area contributed by atoms with E-state index < -0.39 is 0 Å². The van der Waals surface area contributed by atoms with Gasteiger partial charge in [-0.3, -0.25) is 20.1 Å². The van der Waals surface area contributed by atoms with Gasteiger partial charge in [-0.05, 0) is 12.1 Å². The third-order valence-electron chi connectivity index (χ3n) is 3.26. The first-order chi connectivity index (χ1) is 11.2. The van der Waals surface area contributed by atoms with Crippen molar-refractivity contribution in [2.75, 3.05) is 13.6 Å². The quantitative estimate of drug-likeness (QED) is 0.368. The Bertz CT molecular complexity index is 673. The van der Waals surface area contributed by atoms with Crippen LogP contribution in [0.1, 0.15) is 11.3 Å². The summed E-state index contributed by atoms with van der Waals surface area (Å²) in [6, 6.07) is 12.4. The monoisotopic (exact) mass is 313 g/mol. The van der Waals surface area contributed by atoms with Gasteiger partial charge in [0, 0.05) is 50.1 Å². The summed E-state index contributed by atoms with van der Waals surface area (Å²) in [5.74, 6) is 0.596. The van der Waals surface area contributed by atoms with E-state index in [0.717, 1.165) is 12.1 Å². The highest BCUT2D eigenvalue weighted by atomic mass is 16.6. The molecule has 2 rings (SSSR count). The van der Waals surface area contributed by atoms with Crippen LogP contribution in [0.3, 0.4) is 0 Å². The van der Waals surface area contributed by atoms with Gasteiger partial charge >= 0.3 is 0 Å². The van der Waals surface area contributed by atoms with Crippen molar-refractivity contribution in [3.05, 3.63) is 70.0 Å². The highest BCUT2D eigenvalue weighted by Crippen LogP contribution is 2.16. The molecule has 0 saturated heterocycles. The lowest BCUT2D eigenvalue weighted by Crippen LogP contribution is -2.38. The summed E-state index contributed by atoms with van der Waals surface area (Å²) in [6.45, 7) is 1.01. The van der Waals surface area contributed by atoms with E-state index in [4.69, 9.17) is 0 Å². The Labute approximate surface area is 134 Å². The van der Waals surface area contributed by atoms with Gasteiger partial charge in [-0.2, -0.15) is 0 Å². The average molecular weight is 313 g/mol. The molecule has 0 fully saturated rings. The van der Waals surface area contributed by atoms with Crippen molar-refractivity contribution in [2.24, 2.45) is 4.99 Å². The number of pyridine rings is 1. The summed E-state index contributed by atoms with van der Waals surface area (Å²) in [5, 5.41) is 17.2. The summed E-state index contributed by atoms with van der Waals surface area (Å²) in [4.78, 5) is 19.0. The summed E-state index contributed by atoms with van der Waals surface area (Å²) in [5.41, 5.74) is 1.71. The standard InChI is InChI=1S/C16H19N5O2/c1-17-16(19-11-9-14-7-4-5-10-18-14)20-12-13-6-2-3-8-15(13)21(22)23/h2-8,10H,9,11-12H2,1H3,(H2,17,19,20). The van der Waals surface area contributed by atoms with Crippen molar-refractivity contribution in [2.45, 2.75) is 13.0 Å². The predicted octanol–water partition coefficient (Wildman–Crippen LogP) is 1.90. The van der Waals surface area contributed by atoms with Gasteiger partial charge in [0.1, 0.15) is 0 Å². The highest BCUT2D eigenvalue weighted by molar-refractivity contribution is 5.79. The van der Waals surface area contributed by atoms with E-state index in [1.54, 1.807) is 31.4 Å². The van der Waals surface area contributed by atoms with E-state index in [2.05, 4.69) is 20.6 Å². The van der Waals surface area contributed by atoms with Crippen molar-refractivity contribution in [1.29, 1.82) is 0 Å². The molecule has 2 aromatic rings. The zero-order valence-corrected chi connectivity index (χ0v) is 12.9. The number of nitrogens with zero attached hydrogens (tertiary/aromatic N) is 3. The number of benzene rings is 1. The summed E-state index contributed by atoms with van der Waals surface area (Å²) >= 11 is 0. The summed E-state index contributed by atoms with van der Waals surface area (Å²) in [7, 11) is 1.66. The molecule has 0 aliphatic heterocycles. The molecule has 23 heavy (non-hydrogen) atoms. The lowest BCUT2D eigenvalue weighted by Gasteiger charge is -2.11. The van der Waals surface area contributed by atoms with Gasteiger partial charge in [0.05, 0.1) is 4.92 Å². The lowest BCUT2D eigenvalue weighted by molar-refractivity contribution is -0.385. The van der Waals surface area contributed by atoms with E-state index in [0.29, 0.717) is 24.6 Å². The van der Waals surface area contributed by atoms with Crippen LogP contribution in [-0.4, -0.2) is 29.5 Å². The molecule has 1 aromatic heterocycles. The number of para-hydroxylation sites is 1. The molecule has 0 aliphatic carbocycles. The predicted molar refractivity (Wildman–Crippen MR) is 89.2 cm³/mol. The number of aromatic nitrogens is 1. The van der Waals surface area contributed by atoms with Gasteiger partial charge in [0.2, 0.25) is 0 Å². The smallest absolute Gasteiger partial charge is 0.274 e. The molecule has 0 atom stereocenters. The molecular weight excluding hydrogens is 294 g/mol. The lowest BCUT2D eigenvalue weighted by atomic mass is 10.2. The molecule has 120 valence electrons. The third kappa shape index (κ3) is 5.06. The Morgan fingerprint density at radius 3 is 2.70 bits per heavy atom. The normalized spacial score (nSPS) is 11.1. The number of aliphatic imine (C=N–C) groups is 1. The van der Waals surface area contributed by atoms with Crippen molar-refractivity contribution >= 4 is 11.6 Å². The van der Waals surface area contributed by atoms with Crippen molar-refractivity contribution in [3.63, 3.8) is 0 Å². The largest absolute Gasteiger partial charge is 0.356 e. The Kier molecular flexibility index (Phi) is 6.05. The molecule has 2 N–H and O–H groups in total. The first-order valence-electron chi connectivity index (χ1n) is 7.27. The second-order valence-corrected chi connectivity index (χ2v) is 4.81. The van der Waals surface area contributed by atoms with Crippen LogP contribution in [0.15, 0.2) is 53.7 Å². The zero-order chi connectivity index (χ0) is 16.5. The van der Waals surface area contributed by atoms with E-state index in [1.807, 2.05) is 18.2 Å².